The van der Waals surface area contributed by atoms with Gasteiger partial charge >= 0.3 is 6.03 Å². The van der Waals surface area contributed by atoms with Gasteiger partial charge in [-0.15, -0.1) is 0 Å². The summed E-state index contributed by atoms with van der Waals surface area (Å²) in [5.74, 6) is 0.00587. The lowest BCUT2D eigenvalue weighted by atomic mass is 10.2. The first-order chi connectivity index (χ1) is 11.4. The number of hydrogen-bond donors (Lipinski definition) is 1. The van der Waals surface area contributed by atoms with Crippen molar-refractivity contribution in [2.45, 2.75) is 38.5 Å². The number of nitrogens with one attached hydrogen (secondary N) is 1. The lowest BCUT2D eigenvalue weighted by Crippen LogP contribution is -2.53. The molecule has 1 aromatic carbocycles. The molecular weight excluding hydrogens is 330 g/mol. The smallest absolute Gasteiger partial charge is 0.317 e. The van der Waals surface area contributed by atoms with Gasteiger partial charge in [-0.2, -0.15) is 0 Å². The van der Waals surface area contributed by atoms with Crippen molar-refractivity contribution in [3.63, 3.8) is 0 Å². The number of carbonyl (C=O) groups excluding carboxylic acids is 2. The molecule has 1 aromatic rings. The molecule has 130 valence electrons. The second kappa shape index (κ2) is 6.99. The molecule has 1 N–H and O–H groups in total. The molecule has 7 heteroatoms. The van der Waals surface area contributed by atoms with Gasteiger partial charge in [0.1, 0.15) is 0 Å². The average molecular weight is 352 g/mol. The van der Waals surface area contributed by atoms with Crippen molar-refractivity contribution in [3.8, 4) is 0 Å². The van der Waals surface area contributed by atoms with Gasteiger partial charge in [0.05, 0.1) is 18.2 Å². The van der Waals surface area contributed by atoms with Gasteiger partial charge in [0, 0.05) is 36.8 Å². The first kappa shape index (κ1) is 17.0. The number of hydrogen-bond acceptors (Lipinski definition) is 3. The van der Waals surface area contributed by atoms with E-state index in [1.165, 1.54) is 0 Å². The molecule has 2 heterocycles. The van der Waals surface area contributed by atoms with E-state index in [2.05, 4.69) is 5.32 Å². The largest absolute Gasteiger partial charge is 0.372 e. The molecule has 0 aromatic heterocycles. The van der Waals surface area contributed by atoms with Crippen molar-refractivity contribution in [3.05, 3.63) is 29.3 Å². The summed E-state index contributed by atoms with van der Waals surface area (Å²) in [5.41, 5.74) is 0.801. The van der Waals surface area contributed by atoms with Gasteiger partial charge in [0.25, 0.3) is 0 Å². The van der Waals surface area contributed by atoms with Crippen LogP contribution in [0.25, 0.3) is 0 Å². The zero-order valence-electron chi connectivity index (χ0n) is 13.9. The van der Waals surface area contributed by atoms with Gasteiger partial charge in [-0.3, -0.25) is 4.79 Å². The second-order valence-electron chi connectivity index (χ2n) is 6.49. The summed E-state index contributed by atoms with van der Waals surface area (Å²) in [6.45, 7) is 5.52. The van der Waals surface area contributed by atoms with Crippen LogP contribution in [0.5, 0.6) is 0 Å². The molecule has 3 amide bonds. The van der Waals surface area contributed by atoms with Crippen LogP contribution in [-0.4, -0.2) is 54.7 Å². The molecule has 2 aliphatic heterocycles. The maximum atomic E-state index is 12.5. The quantitative estimate of drug-likeness (QED) is 0.889. The number of nitrogens with zero attached hydrogens (tertiary/aromatic N) is 2. The van der Waals surface area contributed by atoms with E-state index >= 15 is 0 Å². The van der Waals surface area contributed by atoms with Gasteiger partial charge in [-0.05, 0) is 38.1 Å². The molecule has 3 rings (SSSR count). The molecule has 6 nitrogen and oxygen atoms in total. The zero-order chi connectivity index (χ0) is 17.3. The van der Waals surface area contributed by atoms with Crippen molar-refractivity contribution >= 4 is 29.2 Å². The number of morpholine rings is 1. The van der Waals surface area contributed by atoms with Crippen LogP contribution in [0, 0.1) is 0 Å². The van der Waals surface area contributed by atoms with E-state index in [0.29, 0.717) is 31.1 Å². The van der Waals surface area contributed by atoms with E-state index in [1.807, 2.05) is 26.0 Å². The Bertz CT molecular complexity index is 612. The minimum absolute atomic E-state index is 0.00587. The highest BCUT2D eigenvalue weighted by Crippen LogP contribution is 2.23. The van der Waals surface area contributed by atoms with Crippen LogP contribution in [0.15, 0.2) is 24.3 Å². The van der Waals surface area contributed by atoms with Crippen LogP contribution >= 0.6 is 11.6 Å². The molecule has 0 bridgehead atoms. The minimum Gasteiger partial charge on any atom is -0.372 e. The number of benzene rings is 1. The van der Waals surface area contributed by atoms with E-state index in [9.17, 15) is 9.59 Å². The molecule has 2 saturated heterocycles. The SMILES string of the molecule is C[C@@H]1CN(C(=O)N[C@@H]2CC(=O)N(c3ccc(Cl)cc3)C2)C[C@H](C)O1. The lowest BCUT2D eigenvalue weighted by molar-refractivity contribution is -0.117. The van der Waals surface area contributed by atoms with Crippen LogP contribution in [-0.2, 0) is 9.53 Å². The third kappa shape index (κ3) is 3.82. The average Bonchev–Trinajstić information content (AvgIpc) is 2.87. The summed E-state index contributed by atoms with van der Waals surface area (Å²) in [6, 6.07) is 6.83. The number of anilines is 1. The third-order valence-corrected chi connectivity index (χ3v) is 4.55. The molecule has 0 spiro atoms. The van der Waals surface area contributed by atoms with Crippen molar-refractivity contribution in [1.29, 1.82) is 0 Å². The Morgan fingerprint density at radius 3 is 2.42 bits per heavy atom. The molecule has 24 heavy (non-hydrogen) atoms. The lowest BCUT2D eigenvalue weighted by Gasteiger charge is -2.35. The van der Waals surface area contributed by atoms with Crippen LogP contribution in [0.4, 0.5) is 10.5 Å². The number of amides is 3. The Morgan fingerprint density at radius 1 is 1.17 bits per heavy atom. The molecule has 0 aliphatic carbocycles. The predicted molar refractivity (Wildman–Crippen MR) is 92.3 cm³/mol. The zero-order valence-corrected chi connectivity index (χ0v) is 14.6. The van der Waals surface area contributed by atoms with E-state index in [4.69, 9.17) is 16.3 Å². The Labute approximate surface area is 146 Å². The molecule has 0 saturated carbocycles. The fraction of sp³-hybridized carbons (Fsp3) is 0.529. The summed E-state index contributed by atoms with van der Waals surface area (Å²) in [4.78, 5) is 28.1. The van der Waals surface area contributed by atoms with Crippen molar-refractivity contribution < 1.29 is 14.3 Å². The maximum Gasteiger partial charge on any atom is 0.317 e. The predicted octanol–water partition coefficient (Wildman–Crippen LogP) is 2.26. The summed E-state index contributed by atoms with van der Waals surface area (Å²) in [7, 11) is 0. The Balaban J connectivity index is 1.59. The number of carbonyl (C=O) groups is 2. The fourth-order valence-electron chi connectivity index (χ4n) is 3.28. The first-order valence-electron chi connectivity index (χ1n) is 8.19. The highest BCUT2D eigenvalue weighted by atomic mass is 35.5. The molecule has 0 radical (unpaired) electrons. The van der Waals surface area contributed by atoms with Crippen molar-refractivity contribution in [2.24, 2.45) is 0 Å². The normalized spacial score (nSPS) is 27.5. The van der Waals surface area contributed by atoms with Gasteiger partial charge in [-0.1, -0.05) is 11.6 Å². The molecule has 3 atom stereocenters. The van der Waals surface area contributed by atoms with Crippen molar-refractivity contribution in [1.82, 2.24) is 10.2 Å². The van der Waals surface area contributed by atoms with Gasteiger partial charge in [-0.25, -0.2) is 4.79 Å². The van der Waals surface area contributed by atoms with Crippen LogP contribution in [0.2, 0.25) is 5.02 Å². The summed E-state index contributed by atoms with van der Waals surface area (Å²) >= 11 is 5.89. The second-order valence-corrected chi connectivity index (χ2v) is 6.93. The molecule has 2 aliphatic rings. The molecule has 0 unspecified atom stereocenters. The fourth-order valence-corrected chi connectivity index (χ4v) is 3.41. The first-order valence-corrected chi connectivity index (χ1v) is 8.57. The van der Waals surface area contributed by atoms with E-state index < -0.39 is 0 Å². The summed E-state index contributed by atoms with van der Waals surface area (Å²) < 4.78 is 5.64. The minimum atomic E-state index is -0.186. The Hall–Kier alpha value is -1.79. The summed E-state index contributed by atoms with van der Waals surface area (Å²) in [6.07, 6.45) is 0.356. The van der Waals surface area contributed by atoms with Gasteiger partial charge in [0.15, 0.2) is 0 Å². The standard InChI is InChI=1S/C17H22ClN3O3/c1-11-8-20(9-12(2)24-11)17(23)19-14-7-16(22)21(10-14)15-5-3-13(18)4-6-15/h3-6,11-12,14H,7-10H2,1-2H3,(H,19,23)/t11-,12+,14-/m1/s1. The number of rotatable bonds is 2. The Kier molecular flexibility index (Phi) is 4.96. The number of ether oxygens (including phenoxy) is 1. The number of urea groups is 1. The summed E-state index contributed by atoms with van der Waals surface area (Å²) in [5, 5.41) is 3.60. The Morgan fingerprint density at radius 2 is 1.79 bits per heavy atom. The van der Waals surface area contributed by atoms with Gasteiger partial charge < -0.3 is 19.9 Å². The highest BCUT2D eigenvalue weighted by molar-refractivity contribution is 6.30. The molecular formula is C17H22ClN3O3. The number of halogens is 1. The van der Waals surface area contributed by atoms with Gasteiger partial charge in [0.2, 0.25) is 5.91 Å². The van der Waals surface area contributed by atoms with Crippen molar-refractivity contribution in [2.75, 3.05) is 24.5 Å². The third-order valence-electron chi connectivity index (χ3n) is 4.30. The van der Waals surface area contributed by atoms with Crippen LogP contribution in [0.3, 0.4) is 0 Å². The van der Waals surface area contributed by atoms with E-state index in [1.54, 1.807) is 21.9 Å². The van der Waals surface area contributed by atoms with Crippen LogP contribution < -0.4 is 10.2 Å². The highest BCUT2D eigenvalue weighted by Gasteiger charge is 2.33. The maximum absolute atomic E-state index is 12.5. The van der Waals surface area contributed by atoms with Crippen LogP contribution in [0.1, 0.15) is 20.3 Å². The molecule has 2 fully saturated rings. The van der Waals surface area contributed by atoms with E-state index in [0.717, 1.165) is 5.69 Å². The monoisotopic (exact) mass is 351 g/mol. The topological polar surface area (TPSA) is 61.9 Å². The van der Waals surface area contributed by atoms with E-state index in [-0.39, 0.29) is 30.2 Å².